The molecule has 17 heavy (non-hydrogen) atoms. The van der Waals surface area contributed by atoms with Crippen molar-refractivity contribution < 1.29 is 4.42 Å². The van der Waals surface area contributed by atoms with Crippen LogP contribution in [0.15, 0.2) is 39.5 Å². The van der Waals surface area contributed by atoms with Crippen molar-refractivity contribution in [2.75, 3.05) is 17.2 Å². The normalized spacial score (nSPS) is 10.5. The summed E-state index contributed by atoms with van der Waals surface area (Å²) in [6.07, 6.45) is 3.41. The van der Waals surface area contributed by atoms with Gasteiger partial charge in [-0.05, 0) is 41.1 Å². The van der Waals surface area contributed by atoms with E-state index in [1.165, 1.54) is 0 Å². The molecule has 0 saturated heterocycles. The highest BCUT2D eigenvalue weighted by Crippen LogP contribution is 2.24. The lowest BCUT2D eigenvalue weighted by Crippen LogP contribution is -2.23. The number of nitrogens with two attached hydrogens (primary N) is 1. The maximum atomic E-state index is 5.96. The van der Waals surface area contributed by atoms with Gasteiger partial charge in [0.2, 0.25) is 0 Å². The number of nitrogens with zero attached hydrogens (tertiary/aromatic N) is 2. The highest BCUT2D eigenvalue weighted by molar-refractivity contribution is 9.10. The Balaban J connectivity index is 2.23. The molecule has 0 saturated carbocycles. The molecular weight excluding hydrogens is 282 g/mol. The van der Waals surface area contributed by atoms with Crippen LogP contribution in [-0.2, 0) is 6.54 Å². The predicted octanol–water partition coefficient (Wildman–Crippen LogP) is 3.05. The Morgan fingerprint density at radius 3 is 2.94 bits per heavy atom. The van der Waals surface area contributed by atoms with Crippen molar-refractivity contribution in [1.82, 2.24) is 4.98 Å². The van der Waals surface area contributed by atoms with Crippen LogP contribution < -0.4 is 10.6 Å². The highest BCUT2D eigenvalue weighted by atomic mass is 79.9. The van der Waals surface area contributed by atoms with Crippen molar-refractivity contribution in [3.8, 4) is 0 Å². The van der Waals surface area contributed by atoms with Gasteiger partial charge in [-0.25, -0.2) is 4.98 Å². The average molecular weight is 296 g/mol. The molecule has 0 aliphatic heterocycles. The summed E-state index contributed by atoms with van der Waals surface area (Å²) in [5.74, 6) is 1.68. The monoisotopic (exact) mass is 295 g/mol. The quantitative estimate of drug-likeness (QED) is 0.942. The lowest BCUT2D eigenvalue weighted by Gasteiger charge is -2.22. The Labute approximate surface area is 109 Å². The molecule has 0 spiro atoms. The van der Waals surface area contributed by atoms with Gasteiger partial charge in [0.25, 0.3) is 0 Å². The topological polar surface area (TPSA) is 55.3 Å². The summed E-state index contributed by atoms with van der Waals surface area (Å²) >= 11 is 3.35. The molecule has 5 heteroatoms. The Kier molecular flexibility index (Phi) is 3.68. The molecular formula is C12H14BrN3O. The van der Waals surface area contributed by atoms with Crippen molar-refractivity contribution in [3.63, 3.8) is 0 Å². The lowest BCUT2D eigenvalue weighted by atomic mass is 10.3. The first-order chi connectivity index (χ1) is 8.20. The number of anilines is 2. The maximum Gasteiger partial charge on any atom is 0.152 e. The smallest absolute Gasteiger partial charge is 0.152 e. The predicted molar refractivity (Wildman–Crippen MR) is 71.8 cm³/mol. The molecule has 0 aliphatic rings. The lowest BCUT2D eigenvalue weighted by molar-refractivity contribution is 0.503. The molecule has 2 N–H and O–H groups in total. The second-order valence-corrected chi connectivity index (χ2v) is 4.58. The van der Waals surface area contributed by atoms with Crippen LogP contribution in [0.5, 0.6) is 0 Å². The minimum Gasteiger partial charge on any atom is -0.467 e. The van der Waals surface area contributed by atoms with Crippen molar-refractivity contribution in [2.45, 2.75) is 13.5 Å². The zero-order valence-electron chi connectivity index (χ0n) is 9.56. The molecule has 2 aromatic rings. The number of hydrogen-bond donors (Lipinski definition) is 1. The molecule has 90 valence electrons. The summed E-state index contributed by atoms with van der Waals surface area (Å²) in [7, 11) is 0. The van der Waals surface area contributed by atoms with Gasteiger partial charge in [0, 0.05) is 17.2 Å². The van der Waals surface area contributed by atoms with Crippen molar-refractivity contribution >= 4 is 27.4 Å². The molecule has 4 nitrogen and oxygen atoms in total. The van der Waals surface area contributed by atoms with E-state index in [2.05, 4.69) is 32.7 Å². The minimum atomic E-state index is 0.660. The SMILES string of the molecule is CCN(Cc1ccco1)c1ncc(Br)cc1N. The van der Waals surface area contributed by atoms with Gasteiger partial charge >= 0.3 is 0 Å². The van der Waals surface area contributed by atoms with Gasteiger partial charge in [0.1, 0.15) is 5.76 Å². The number of hydrogen-bond acceptors (Lipinski definition) is 4. The van der Waals surface area contributed by atoms with Crippen LogP contribution in [0, 0.1) is 0 Å². The Bertz CT molecular complexity index is 485. The number of halogens is 1. The fourth-order valence-corrected chi connectivity index (χ4v) is 1.99. The van der Waals surface area contributed by atoms with Gasteiger partial charge in [0.05, 0.1) is 18.5 Å². The fraction of sp³-hybridized carbons (Fsp3) is 0.250. The zero-order valence-corrected chi connectivity index (χ0v) is 11.1. The van der Waals surface area contributed by atoms with E-state index in [0.29, 0.717) is 12.2 Å². The number of pyridine rings is 1. The number of furan rings is 1. The van der Waals surface area contributed by atoms with Gasteiger partial charge in [-0.3, -0.25) is 0 Å². The van der Waals surface area contributed by atoms with E-state index in [9.17, 15) is 0 Å². The van der Waals surface area contributed by atoms with Crippen LogP contribution in [-0.4, -0.2) is 11.5 Å². The van der Waals surface area contributed by atoms with Crippen LogP contribution in [0.1, 0.15) is 12.7 Å². The molecule has 0 amide bonds. The molecule has 2 aromatic heterocycles. The van der Waals surface area contributed by atoms with Crippen LogP contribution in [0.25, 0.3) is 0 Å². The van der Waals surface area contributed by atoms with E-state index in [1.807, 2.05) is 18.2 Å². The van der Waals surface area contributed by atoms with Crippen LogP contribution in [0.3, 0.4) is 0 Å². The van der Waals surface area contributed by atoms with Crippen LogP contribution in [0.4, 0.5) is 11.5 Å². The summed E-state index contributed by atoms with van der Waals surface area (Å²) < 4.78 is 6.21. The third kappa shape index (κ3) is 2.79. The molecule has 0 aliphatic carbocycles. The molecule has 0 radical (unpaired) electrons. The van der Waals surface area contributed by atoms with E-state index in [4.69, 9.17) is 10.2 Å². The second-order valence-electron chi connectivity index (χ2n) is 3.66. The van der Waals surface area contributed by atoms with Crippen LogP contribution >= 0.6 is 15.9 Å². The summed E-state index contributed by atoms with van der Waals surface area (Å²) in [6.45, 7) is 3.55. The first-order valence-electron chi connectivity index (χ1n) is 5.39. The summed E-state index contributed by atoms with van der Waals surface area (Å²) in [4.78, 5) is 6.41. The third-order valence-electron chi connectivity index (χ3n) is 2.47. The van der Waals surface area contributed by atoms with Crippen molar-refractivity contribution in [3.05, 3.63) is 40.9 Å². The van der Waals surface area contributed by atoms with Crippen molar-refractivity contribution in [1.29, 1.82) is 0 Å². The van der Waals surface area contributed by atoms with E-state index in [-0.39, 0.29) is 0 Å². The largest absolute Gasteiger partial charge is 0.467 e. The summed E-state index contributed by atoms with van der Waals surface area (Å²) in [6, 6.07) is 5.67. The molecule has 2 heterocycles. The van der Waals surface area contributed by atoms with Crippen molar-refractivity contribution in [2.24, 2.45) is 0 Å². The Hall–Kier alpha value is -1.49. The molecule has 0 fully saturated rings. The maximum absolute atomic E-state index is 5.96. The summed E-state index contributed by atoms with van der Waals surface area (Å²) in [5.41, 5.74) is 6.62. The summed E-state index contributed by atoms with van der Waals surface area (Å²) in [5, 5.41) is 0. The fourth-order valence-electron chi connectivity index (χ4n) is 1.64. The van der Waals surface area contributed by atoms with Gasteiger partial charge < -0.3 is 15.1 Å². The van der Waals surface area contributed by atoms with E-state index >= 15 is 0 Å². The molecule has 0 bridgehead atoms. The zero-order chi connectivity index (χ0) is 12.3. The van der Waals surface area contributed by atoms with E-state index in [0.717, 1.165) is 22.6 Å². The molecule has 0 aromatic carbocycles. The van der Waals surface area contributed by atoms with Gasteiger partial charge in [-0.15, -0.1) is 0 Å². The number of nitrogen functional groups attached to an aromatic ring is 1. The highest BCUT2D eigenvalue weighted by Gasteiger charge is 2.11. The second kappa shape index (κ2) is 5.23. The molecule has 0 unspecified atom stereocenters. The number of rotatable bonds is 4. The molecule has 0 atom stereocenters. The third-order valence-corrected chi connectivity index (χ3v) is 2.90. The van der Waals surface area contributed by atoms with E-state index in [1.54, 1.807) is 12.5 Å². The van der Waals surface area contributed by atoms with Gasteiger partial charge in [-0.1, -0.05) is 0 Å². The molecule has 2 rings (SSSR count). The minimum absolute atomic E-state index is 0.660. The average Bonchev–Trinajstić information content (AvgIpc) is 2.79. The number of aromatic nitrogens is 1. The van der Waals surface area contributed by atoms with Gasteiger partial charge in [-0.2, -0.15) is 0 Å². The van der Waals surface area contributed by atoms with Gasteiger partial charge in [0.15, 0.2) is 5.82 Å². The van der Waals surface area contributed by atoms with Crippen LogP contribution in [0.2, 0.25) is 0 Å². The first kappa shape index (κ1) is 12.0. The first-order valence-corrected chi connectivity index (χ1v) is 6.18. The van der Waals surface area contributed by atoms with E-state index < -0.39 is 0 Å². The standard InChI is InChI=1S/C12H14BrN3O/c1-2-16(8-10-4-3-5-17-10)12-11(14)6-9(13)7-15-12/h3-7H,2,8,14H2,1H3. The Morgan fingerprint density at radius 2 is 2.35 bits per heavy atom. The Morgan fingerprint density at radius 1 is 1.53 bits per heavy atom.